The van der Waals surface area contributed by atoms with Gasteiger partial charge in [0, 0.05) is 40.0 Å². The van der Waals surface area contributed by atoms with Crippen molar-refractivity contribution in [3.8, 4) is 0 Å². The van der Waals surface area contributed by atoms with Crippen molar-refractivity contribution >= 4 is 54.9 Å². The molecule has 0 aromatic heterocycles. The van der Waals surface area contributed by atoms with Gasteiger partial charge in [0.15, 0.2) is 0 Å². The summed E-state index contributed by atoms with van der Waals surface area (Å²) in [6.07, 6.45) is 20.2. The first-order valence-electron chi connectivity index (χ1n) is 8.99. The molecule has 5 heteroatoms. The number of hydrogen-bond acceptors (Lipinski definition) is 1. The maximum absolute atomic E-state index is 10.3. The maximum Gasteiger partial charge on any atom is 0 e. The Morgan fingerprint density at radius 2 is 0.913 bits per heavy atom. The van der Waals surface area contributed by atoms with Gasteiger partial charge in [-0.2, -0.15) is 0 Å². The number of hydrogen-bond donors (Lipinski definition) is 1. The molecule has 0 aliphatic heterocycles. The fourth-order valence-electron chi connectivity index (χ4n) is 2.65. The molecule has 0 bridgehead atoms. The van der Waals surface area contributed by atoms with Crippen molar-refractivity contribution < 1.29 is 43.5 Å². The van der Waals surface area contributed by atoms with Crippen LogP contribution in [0.1, 0.15) is 110 Å². The number of aliphatic carboxylic acids is 1. The molecule has 0 aromatic carbocycles. The summed E-state index contributed by atoms with van der Waals surface area (Å²) in [5.74, 6) is -0.653. The molecule has 2 nitrogen and oxygen atoms in total. The Hall–Kier alpha value is 2.05. The first kappa shape index (κ1) is 32.7. The fourth-order valence-corrected chi connectivity index (χ4v) is 2.65. The molecule has 23 heavy (non-hydrogen) atoms. The predicted molar refractivity (Wildman–Crippen MR) is 95.7 cm³/mol. The van der Waals surface area contributed by atoms with E-state index in [1.807, 2.05) is 0 Å². The van der Waals surface area contributed by atoms with E-state index >= 15 is 0 Å². The summed E-state index contributed by atoms with van der Waals surface area (Å²) in [7, 11) is 0. The second kappa shape index (κ2) is 28.8. The second-order valence-corrected chi connectivity index (χ2v) is 6.09. The summed E-state index contributed by atoms with van der Waals surface area (Å²) in [5, 5.41) is 8.52. The molecule has 0 aliphatic carbocycles. The third-order valence-electron chi connectivity index (χ3n) is 3.99. The summed E-state index contributed by atoms with van der Waals surface area (Å²) < 4.78 is 0. The SMILES string of the molecule is CCCCCCCCCCCCCCCCCC(=O)O.[BaH2].[Cu].[Ni]. The standard InChI is InChI=1S/C18H36O2.Ba.Cu.Ni.2H/c1-2-3-4-5-6-7-8-9-10-11-12-13-14-15-16-17-18(19)20;;;;;/h2-17H2,1H3,(H,19,20);;;;;. The molecule has 0 unspecified atom stereocenters. The first-order chi connectivity index (χ1) is 9.77. The zero-order valence-corrected chi connectivity index (χ0v) is 16.2. The molecular formula is C18H38BaCuNiO2. The molecule has 0 rings (SSSR count). The summed E-state index contributed by atoms with van der Waals surface area (Å²) in [5.41, 5.74) is 0. The van der Waals surface area contributed by atoms with Crippen molar-refractivity contribution in [2.24, 2.45) is 0 Å². The minimum absolute atomic E-state index is 0. The van der Waals surface area contributed by atoms with E-state index in [1.54, 1.807) is 0 Å². The fraction of sp³-hybridized carbons (Fsp3) is 0.944. The van der Waals surface area contributed by atoms with Gasteiger partial charge in [0.05, 0.1) is 0 Å². The molecule has 1 radical (unpaired) electrons. The van der Waals surface area contributed by atoms with Crippen LogP contribution < -0.4 is 0 Å². The summed E-state index contributed by atoms with van der Waals surface area (Å²) in [4.78, 5) is 10.3. The van der Waals surface area contributed by atoms with Crippen molar-refractivity contribution in [3.05, 3.63) is 0 Å². The summed E-state index contributed by atoms with van der Waals surface area (Å²) in [6, 6.07) is 0. The van der Waals surface area contributed by atoms with Gasteiger partial charge in [-0.1, -0.05) is 96.8 Å². The van der Waals surface area contributed by atoms with Gasteiger partial charge in [-0.05, 0) is 6.42 Å². The minimum atomic E-state index is -0.653. The predicted octanol–water partition coefficient (Wildman–Crippen LogP) is 5.41. The number of carbonyl (C=O) groups is 1. The minimum Gasteiger partial charge on any atom is 0 e. The molecule has 1 N–H and O–H groups in total. The van der Waals surface area contributed by atoms with Gasteiger partial charge in [-0.15, -0.1) is 0 Å². The van der Waals surface area contributed by atoms with Crippen molar-refractivity contribution in [2.75, 3.05) is 0 Å². The van der Waals surface area contributed by atoms with Crippen LogP contribution in [0.2, 0.25) is 0 Å². The van der Waals surface area contributed by atoms with E-state index in [9.17, 15) is 4.79 Å². The maximum atomic E-state index is 10.3. The van der Waals surface area contributed by atoms with E-state index in [0.717, 1.165) is 12.8 Å². The summed E-state index contributed by atoms with van der Waals surface area (Å²) in [6.45, 7) is 2.27. The quantitative estimate of drug-likeness (QED) is 0.208. The van der Waals surface area contributed by atoms with Gasteiger partial charge in [-0.3, -0.25) is 4.79 Å². The zero-order chi connectivity index (χ0) is 14.9. The third-order valence-corrected chi connectivity index (χ3v) is 3.99. The van der Waals surface area contributed by atoms with Gasteiger partial charge < -0.3 is 5.11 Å². The zero-order valence-electron chi connectivity index (χ0n) is 14.3. The van der Waals surface area contributed by atoms with Gasteiger partial charge in [0.2, 0.25) is 0 Å². The van der Waals surface area contributed by atoms with E-state index in [0.29, 0.717) is 6.42 Å². The normalized spacial score (nSPS) is 9.43. The van der Waals surface area contributed by atoms with Crippen molar-refractivity contribution in [1.82, 2.24) is 0 Å². The Morgan fingerprint density at radius 3 is 1.17 bits per heavy atom. The van der Waals surface area contributed by atoms with E-state index in [2.05, 4.69) is 6.92 Å². The van der Waals surface area contributed by atoms with Crippen LogP contribution in [0, 0.1) is 0 Å². The van der Waals surface area contributed by atoms with Gasteiger partial charge in [0.1, 0.15) is 0 Å². The smallest absolute Gasteiger partial charge is 0 e. The van der Waals surface area contributed by atoms with Crippen LogP contribution in [0.4, 0.5) is 0 Å². The largest absolute Gasteiger partial charge is 0 e. The molecule has 0 atom stereocenters. The molecule has 0 saturated heterocycles. The van der Waals surface area contributed by atoms with Crippen LogP contribution in [0.3, 0.4) is 0 Å². The van der Waals surface area contributed by atoms with Crippen LogP contribution in [0.25, 0.3) is 0 Å². The Bertz CT molecular complexity index is 219. The molecule has 0 heterocycles. The number of unbranched alkanes of at least 4 members (excludes halogenated alkanes) is 14. The van der Waals surface area contributed by atoms with Crippen LogP contribution in [0.15, 0.2) is 0 Å². The van der Waals surface area contributed by atoms with Crippen molar-refractivity contribution in [2.45, 2.75) is 110 Å². The monoisotopic (exact) mass is 545 g/mol. The molecule has 0 spiro atoms. The van der Waals surface area contributed by atoms with Gasteiger partial charge in [0.25, 0.3) is 0 Å². The number of rotatable bonds is 16. The van der Waals surface area contributed by atoms with Crippen LogP contribution in [-0.4, -0.2) is 60.0 Å². The molecular weight excluding hydrogens is 508 g/mol. The third kappa shape index (κ3) is 32.2. The Labute approximate surface area is 205 Å². The first-order valence-corrected chi connectivity index (χ1v) is 8.99. The van der Waals surface area contributed by atoms with Gasteiger partial charge >= 0.3 is 54.9 Å². The Morgan fingerprint density at radius 1 is 0.652 bits per heavy atom. The molecule has 0 fully saturated rings. The molecule has 0 aliphatic rings. The number of carboxylic acid groups (broad SMARTS) is 1. The van der Waals surface area contributed by atoms with Crippen LogP contribution in [-0.2, 0) is 38.4 Å². The average Bonchev–Trinajstić information content (AvgIpc) is 2.43. The van der Waals surface area contributed by atoms with Crippen LogP contribution >= 0.6 is 0 Å². The molecule has 0 aromatic rings. The van der Waals surface area contributed by atoms with Crippen molar-refractivity contribution in [3.63, 3.8) is 0 Å². The van der Waals surface area contributed by atoms with E-state index in [1.165, 1.54) is 83.5 Å². The molecule has 0 amide bonds. The van der Waals surface area contributed by atoms with E-state index in [-0.39, 0.29) is 82.4 Å². The summed E-state index contributed by atoms with van der Waals surface area (Å²) >= 11 is 0. The van der Waals surface area contributed by atoms with Crippen LogP contribution in [0.5, 0.6) is 0 Å². The molecule has 0 saturated carbocycles. The Balaban J connectivity index is -0.000000602. The topological polar surface area (TPSA) is 37.3 Å². The molecule has 145 valence electrons. The average molecular weight is 546 g/mol. The Kier molecular flexibility index (Phi) is 41.0. The van der Waals surface area contributed by atoms with E-state index < -0.39 is 5.97 Å². The van der Waals surface area contributed by atoms with E-state index in [4.69, 9.17) is 5.11 Å². The van der Waals surface area contributed by atoms with Gasteiger partial charge in [-0.25, -0.2) is 0 Å². The number of carboxylic acids is 1. The second-order valence-electron chi connectivity index (χ2n) is 6.09. The van der Waals surface area contributed by atoms with Crippen molar-refractivity contribution in [1.29, 1.82) is 0 Å².